The van der Waals surface area contributed by atoms with Gasteiger partial charge in [0.2, 0.25) is 15.9 Å². The van der Waals surface area contributed by atoms with E-state index in [0.29, 0.717) is 43.3 Å². The molecule has 1 saturated carbocycles. The van der Waals surface area contributed by atoms with Gasteiger partial charge in [-0.1, -0.05) is 26.7 Å². The lowest BCUT2D eigenvalue weighted by Crippen LogP contribution is -2.48. The number of nitrogens with zero attached hydrogens (tertiary/aromatic N) is 2. The minimum Gasteiger partial charge on any atom is -0.408 e. The summed E-state index contributed by atoms with van der Waals surface area (Å²) >= 11 is 0. The largest absolute Gasteiger partial charge is 0.419 e. The molecule has 2 aromatic rings. The number of oxazole rings is 1. The molecule has 0 radical (unpaired) electrons. The molecule has 9 heteroatoms. The van der Waals surface area contributed by atoms with Crippen molar-refractivity contribution >= 4 is 27.0 Å². The fraction of sp³-hybridized carbons (Fsp3) is 0.636. The van der Waals surface area contributed by atoms with Crippen LogP contribution in [0, 0.1) is 17.8 Å². The molecule has 1 N–H and O–H groups in total. The summed E-state index contributed by atoms with van der Waals surface area (Å²) in [4.78, 5) is 24.6. The van der Waals surface area contributed by atoms with Crippen molar-refractivity contribution < 1.29 is 17.6 Å². The highest BCUT2D eigenvalue weighted by atomic mass is 32.2. The third-order valence-corrected chi connectivity index (χ3v) is 9.16. The van der Waals surface area contributed by atoms with E-state index in [9.17, 15) is 18.0 Å². The quantitative estimate of drug-likeness (QED) is 0.773. The van der Waals surface area contributed by atoms with Crippen LogP contribution < -0.4 is 11.1 Å². The van der Waals surface area contributed by atoms with Gasteiger partial charge in [0.05, 0.1) is 10.4 Å². The van der Waals surface area contributed by atoms with Crippen molar-refractivity contribution in [2.24, 2.45) is 24.8 Å². The Kier molecular flexibility index (Phi) is 6.00. The standard InChI is InChI=1S/C22H31N3O5S/c1-14-5-4-6-18(15(14)2)23-21(26)16-9-11-25(12-10-16)31(28,29)17-7-8-19-20(13-17)30-22(27)24(19)3/h7-8,13-16,18H,4-6,9-12H2,1-3H3,(H,23,26)/t14-,15-,18-/m1/s1. The molecule has 2 fully saturated rings. The van der Waals surface area contributed by atoms with Crippen LogP contribution in [0.25, 0.3) is 11.1 Å². The number of nitrogens with one attached hydrogen (secondary N) is 1. The molecule has 1 aromatic heterocycles. The summed E-state index contributed by atoms with van der Waals surface area (Å²) < 4.78 is 34.1. The van der Waals surface area contributed by atoms with Gasteiger partial charge in [0.15, 0.2) is 5.58 Å². The lowest BCUT2D eigenvalue weighted by atomic mass is 9.78. The fourth-order valence-corrected chi connectivity index (χ4v) is 6.35. The van der Waals surface area contributed by atoms with E-state index >= 15 is 0 Å². The predicted molar refractivity (Wildman–Crippen MR) is 117 cm³/mol. The van der Waals surface area contributed by atoms with Gasteiger partial charge < -0.3 is 9.73 Å². The third-order valence-electron chi connectivity index (χ3n) is 7.26. The van der Waals surface area contributed by atoms with Gasteiger partial charge in [-0.15, -0.1) is 0 Å². The predicted octanol–water partition coefficient (Wildman–Crippen LogP) is 2.47. The van der Waals surface area contributed by atoms with Crippen LogP contribution in [0.5, 0.6) is 0 Å². The molecule has 31 heavy (non-hydrogen) atoms. The lowest BCUT2D eigenvalue weighted by Gasteiger charge is -2.36. The van der Waals surface area contributed by atoms with E-state index in [2.05, 4.69) is 19.2 Å². The molecule has 1 aromatic carbocycles. The summed E-state index contributed by atoms with van der Waals surface area (Å²) in [7, 11) is -2.14. The van der Waals surface area contributed by atoms with Gasteiger partial charge in [0.25, 0.3) is 0 Å². The van der Waals surface area contributed by atoms with Crippen LogP contribution in [-0.2, 0) is 21.9 Å². The van der Waals surface area contributed by atoms with Crippen molar-refractivity contribution in [1.29, 1.82) is 0 Å². The van der Waals surface area contributed by atoms with Crippen LogP contribution in [-0.4, -0.2) is 42.3 Å². The maximum Gasteiger partial charge on any atom is 0.419 e. The van der Waals surface area contributed by atoms with Crippen LogP contribution >= 0.6 is 0 Å². The molecule has 2 heterocycles. The Hall–Kier alpha value is -2.13. The molecule has 4 rings (SSSR count). The minimum atomic E-state index is -3.72. The van der Waals surface area contributed by atoms with E-state index in [1.807, 2.05) is 0 Å². The molecule has 0 bridgehead atoms. The molecular weight excluding hydrogens is 418 g/mol. The van der Waals surface area contributed by atoms with E-state index in [-0.39, 0.29) is 28.3 Å². The third kappa shape index (κ3) is 4.17. The topological polar surface area (TPSA) is 102 Å². The Bertz CT molecular complexity index is 1130. The number of amides is 1. The van der Waals surface area contributed by atoms with E-state index in [1.165, 1.54) is 27.4 Å². The first-order chi connectivity index (χ1) is 14.7. The summed E-state index contributed by atoms with van der Waals surface area (Å²) in [5.41, 5.74) is 0.796. The summed E-state index contributed by atoms with van der Waals surface area (Å²) in [6.07, 6.45) is 4.37. The monoisotopic (exact) mass is 449 g/mol. The fourth-order valence-electron chi connectivity index (χ4n) is 4.87. The molecular formula is C22H31N3O5S. The van der Waals surface area contributed by atoms with Crippen LogP contribution in [0.2, 0.25) is 0 Å². The second-order valence-corrected chi connectivity index (χ2v) is 11.1. The normalized spacial score (nSPS) is 26.2. The molecule has 1 saturated heterocycles. The zero-order chi connectivity index (χ0) is 22.3. The van der Waals surface area contributed by atoms with Crippen LogP contribution in [0.1, 0.15) is 46.0 Å². The average molecular weight is 450 g/mol. The molecule has 1 aliphatic carbocycles. The molecule has 3 atom stereocenters. The van der Waals surface area contributed by atoms with Gasteiger partial charge in [0, 0.05) is 38.2 Å². The smallest absolute Gasteiger partial charge is 0.408 e. The van der Waals surface area contributed by atoms with Gasteiger partial charge >= 0.3 is 5.76 Å². The molecule has 0 spiro atoms. The van der Waals surface area contributed by atoms with Crippen molar-refractivity contribution in [3.63, 3.8) is 0 Å². The number of carbonyl (C=O) groups is 1. The van der Waals surface area contributed by atoms with Crippen molar-refractivity contribution in [2.75, 3.05) is 13.1 Å². The first-order valence-electron chi connectivity index (χ1n) is 11.1. The number of fused-ring (bicyclic) bond motifs is 1. The number of sulfonamides is 1. The van der Waals surface area contributed by atoms with Gasteiger partial charge in [-0.25, -0.2) is 13.2 Å². The molecule has 2 aliphatic rings. The SMILES string of the molecule is C[C@@H]1[C@H](C)CCC[C@H]1NC(=O)C1CCN(S(=O)(=O)c2ccc3c(c2)oc(=O)n3C)CC1. The maximum atomic E-state index is 13.1. The molecule has 8 nitrogen and oxygen atoms in total. The summed E-state index contributed by atoms with van der Waals surface area (Å²) in [6.45, 7) is 5.04. The van der Waals surface area contributed by atoms with Crippen molar-refractivity contribution in [1.82, 2.24) is 14.2 Å². The summed E-state index contributed by atoms with van der Waals surface area (Å²) in [5.74, 6) is 0.433. The van der Waals surface area contributed by atoms with Gasteiger partial charge in [-0.05, 0) is 43.2 Å². The number of hydrogen-bond acceptors (Lipinski definition) is 5. The number of rotatable bonds is 4. The number of piperidine rings is 1. The Morgan fingerprint density at radius 3 is 2.55 bits per heavy atom. The Morgan fingerprint density at radius 2 is 1.84 bits per heavy atom. The number of carbonyl (C=O) groups excluding carboxylic acids is 1. The van der Waals surface area contributed by atoms with E-state index in [1.54, 1.807) is 13.1 Å². The number of benzene rings is 1. The van der Waals surface area contributed by atoms with Gasteiger partial charge in [0.1, 0.15) is 0 Å². The maximum absolute atomic E-state index is 13.1. The van der Waals surface area contributed by atoms with Gasteiger partial charge in [-0.3, -0.25) is 9.36 Å². The first kappa shape index (κ1) is 22.1. The van der Waals surface area contributed by atoms with E-state index < -0.39 is 15.8 Å². The Morgan fingerprint density at radius 1 is 1.13 bits per heavy atom. The Labute approximate surface area is 182 Å². The number of hydrogen-bond donors (Lipinski definition) is 1. The minimum absolute atomic E-state index is 0.0514. The zero-order valence-electron chi connectivity index (χ0n) is 18.3. The van der Waals surface area contributed by atoms with Crippen molar-refractivity contribution in [3.05, 3.63) is 28.7 Å². The highest BCUT2D eigenvalue weighted by Gasteiger charge is 2.35. The van der Waals surface area contributed by atoms with Crippen LogP contribution in [0.3, 0.4) is 0 Å². The van der Waals surface area contributed by atoms with Crippen LogP contribution in [0.15, 0.2) is 32.3 Å². The van der Waals surface area contributed by atoms with Crippen LogP contribution in [0.4, 0.5) is 0 Å². The molecule has 170 valence electrons. The first-order valence-corrected chi connectivity index (χ1v) is 12.5. The van der Waals surface area contributed by atoms with E-state index in [0.717, 1.165) is 12.8 Å². The van der Waals surface area contributed by atoms with Crippen molar-refractivity contribution in [3.8, 4) is 0 Å². The second-order valence-electron chi connectivity index (χ2n) is 9.12. The van der Waals surface area contributed by atoms with E-state index in [4.69, 9.17) is 4.42 Å². The zero-order valence-corrected chi connectivity index (χ0v) is 19.2. The average Bonchev–Trinajstić information content (AvgIpc) is 3.04. The molecule has 0 unspecified atom stereocenters. The molecule has 1 amide bonds. The molecule has 1 aliphatic heterocycles. The lowest BCUT2D eigenvalue weighted by molar-refractivity contribution is -0.127. The Balaban J connectivity index is 1.41. The highest BCUT2D eigenvalue weighted by Crippen LogP contribution is 2.31. The summed E-state index contributed by atoms with van der Waals surface area (Å²) in [6, 6.07) is 4.69. The summed E-state index contributed by atoms with van der Waals surface area (Å²) in [5, 5.41) is 3.23. The van der Waals surface area contributed by atoms with Crippen molar-refractivity contribution in [2.45, 2.75) is 56.9 Å². The second kappa shape index (κ2) is 8.43. The van der Waals surface area contributed by atoms with Gasteiger partial charge in [-0.2, -0.15) is 4.31 Å². The number of aromatic nitrogens is 1. The highest BCUT2D eigenvalue weighted by molar-refractivity contribution is 7.89. The number of aryl methyl sites for hydroxylation is 1.